The molecule has 11 heteroatoms. The fourth-order valence-electron chi connectivity index (χ4n) is 4.35. The summed E-state index contributed by atoms with van der Waals surface area (Å²) < 4.78 is 41.8. The molecule has 1 aromatic heterocycles. The number of hydroxylamine groups is 1. The third kappa shape index (κ3) is 5.35. The minimum atomic E-state index is -4.62. The molecule has 1 aliphatic rings. The zero-order valence-electron chi connectivity index (χ0n) is 19.3. The van der Waals surface area contributed by atoms with Crippen LogP contribution in [0.3, 0.4) is 0 Å². The fourth-order valence-corrected chi connectivity index (χ4v) is 4.35. The minimum Gasteiger partial charge on any atom is -0.347 e. The van der Waals surface area contributed by atoms with Crippen molar-refractivity contribution in [2.24, 2.45) is 5.92 Å². The van der Waals surface area contributed by atoms with Gasteiger partial charge in [-0.3, -0.25) is 19.7 Å². The van der Waals surface area contributed by atoms with E-state index >= 15 is 0 Å². The van der Waals surface area contributed by atoms with Crippen molar-refractivity contribution in [2.75, 3.05) is 19.6 Å². The second kappa shape index (κ2) is 10.4. The van der Waals surface area contributed by atoms with Crippen LogP contribution in [0.15, 0.2) is 48.5 Å². The Morgan fingerprint density at radius 3 is 2.53 bits per heavy atom. The Morgan fingerprint density at radius 2 is 1.86 bits per heavy atom. The molecule has 0 saturated carbocycles. The molecule has 0 spiro atoms. The number of halogens is 3. The molecule has 3 aromatic rings. The first-order chi connectivity index (χ1) is 17.2. The lowest BCUT2D eigenvalue weighted by molar-refractivity contribution is -0.146. The Bertz CT molecular complexity index is 1320. The van der Waals surface area contributed by atoms with Gasteiger partial charge in [0.1, 0.15) is 0 Å². The molecule has 2 aromatic carbocycles. The Morgan fingerprint density at radius 1 is 1.14 bits per heavy atom. The van der Waals surface area contributed by atoms with Gasteiger partial charge in [0, 0.05) is 25.2 Å². The van der Waals surface area contributed by atoms with Crippen molar-refractivity contribution in [1.29, 1.82) is 0 Å². The first-order valence-electron chi connectivity index (χ1n) is 11.2. The van der Waals surface area contributed by atoms with E-state index in [1.807, 2.05) is 4.90 Å². The van der Waals surface area contributed by atoms with Crippen molar-refractivity contribution >= 4 is 22.8 Å². The van der Waals surface area contributed by atoms with Crippen molar-refractivity contribution in [3.63, 3.8) is 0 Å². The first-order valence-corrected chi connectivity index (χ1v) is 11.2. The molecular formula is C25H24F3N5O3. The molecule has 2 heterocycles. The monoisotopic (exact) mass is 499 g/mol. The maximum absolute atomic E-state index is 13.6. The number of amides is 2. The van der Waals surface area contributed by atoms with E-state index in [4.69, 9.17) is 5.21 Å². The smallest absolute Gasteiger partial charge is 0.347 e. The molecule has 1 saturated heterocycles. The van der Waals surface area contributed by atoms with Gasteiger partial charge >= 0.3 is 6.18 Å². The lowest BCUT2D eigenvalue weighted by Crippen LogP contribution is -2.45. The van der Waals surface area contributed by atoms with E-state index in [1.165, 1.54) is 18.2 Å². The molecule has 0 bridgehead atoms. The number of aromatic nitrogens is 2. The van der Waals surface area contributed by atoms with Gasteiger partial charge < -0.3 is 9.88 Å². The van der Waals surface area contributed by atoms with Gasteiger partial charge in [0.2, 0.25) is 11.7 Å². The maximum atomic E-state index is 13.6. The Kier molecular flexibility index (Phi) is 7.28. The highest BCUT2D eigenvalue weighted by molar-refractivity contribution is 5.95. The van der Waals surface area contributed by atoms with Crippen molar-refractivity contribution in [1.82, 2.24) is 25.2 Å². The molecule has 0 aliphatic carbocycles. The van der Waals surface area contributed by atoms with Gasteiger partial charge in [-0.2, -0.15) is 13.2 Å². The van der Waals surface area contributed by atoms with Gasteiger partial charge in [0.05, 0.1) is 29.5 Å². The summed E-state index contributed by atoms with van der Waals surface area (Å²) in [5.74, 6) is 3.01. The molecule has 2 atom stereocenters. The maximum Gasteiger partial charge on any atom is 0.449 e. The quantitative estimate of drug-likeness (QED) is 0.275. The van der Waals surface area contributed by atoms with Crippen LogP contribution >= 0.6 is 0 Å². The van der Waals surface area contributed by atoms with Crippen molar-refractivity contribution in [2.45, 2.75) is 25.7 Å². The summed E-state index contributed by atoms with van der Waals surface area (Å²) in [7, 11) is 0. The SMILES string of the molecule is CC#CCN1C[C@H](C(=O)NO)[C@H](NC(=O)c2ccc(Cn3c(C(F)(F)F)nc4ccccc43)cc2)C1. The van der Waals surface area contributed by atoms with Gasteiger partial charge in [-0.25, -0.2) is 10.5 Å². The second-order valence-electron chi connectivity index (χ2n) is 8.49. The molecule has 1 aliphatic heterocycles. The zero-order chi connectivity index (χ0) is 25.9. The number of benzene rings is 2. The number of carbonyl (C=O) groups is 2. The van der Waals surface area contributed by atoms with Crippen LogP contribution in [0.4, 0.5) is 13.2 Å². The summed E-state index contributed by atoms with van der Waals surface area (Å²) >= 11 is 0. The van der Waals surface area contributed by atoms with Gasteiger partial charge in [-0.05, 0) is 36.8 Å². The van der Waals surface area contributed by atoms with Gasteiger partial charge in [-0.1, -0.05) is 30.2 Å². The van der Waals surface area contributed by atoms with E-state index in [2.05, 4.69) is 22.1 Å². The van der Waals surface area contributed by atoms with Gasteiger partial charge in [-0.15, -0.1) is 5.92 Å². The van der Waals surface area contributed by atoms with E-state index in [0.717, 1.165) is 4.57 Å². The highest BCUT2D eigenvalue weighted by Gasteiger charge is 2.39. The topological polar surface area (TPSA) is 99.5 Å². The summed E-state index contributed by atoms with van der Waals surface area (Å²) in [4.78, 5) is 30.6. The third-order valence-corrected chi connectivity index (χ3v) is 6.10. The van der Waals surface area contributed by atoms with Crippen LogP contribution in [-0.4, -0.2) is 57.1 Å². The van der Waals surface area contributed by atoms with Crippen LogP contribution < -0.4 is 10.8 Å². The molecule has 1 fully saturated rings. The average Bonchev–Trinajstić information content (AvgIpc) is 3.44. The van der Waals surface area contributed by atoms with Crippen molar-refractivity contribution in [3.8, 4) is 11.8 Å². The summed E-state index contributed by atoms with van der Waals surface area (Å²) in [6.45, 7) is 2.76. The first kappa shape index (κ1) is 25.2. The molecule has 8 nitrogen and oxygen atoms in total. The predicted octanol–water partition coefficient (Wildman–Crippen LogP) is 2.66. The van der Waals surface area contributed by atoms with Gasteiger partial charge in [0.25, 0.3) is 5.91 Å². The van der Waals surface area contributed by atoms with E-state index in [0.29, 0.717) is 36.3 Å². The minimum absolute atomic E-state index is 0.0773. The number of nitrogens with zero attached hydrogens (tertiary/aromatic N) is 3. The Balaban J connectivity index is 1.49. The Hall–Kier alpha value is -3.88. The molecular weight excluding hydrogens is 475 g/mol. The number of alkyl halides is 3. The van der Waals surface area contributed by atoms with Crippen molar-refractivity contribution in [3.05, 3.63) is 65.5 Å². The number of fused-ring (bicyclic) bond motifs is 1. The summed E-state index contributed by atoms with van der Waals surface area (Å²) in [6.07, 6.45) is -4.62. The normalized spacial score (nSPS) is 18.0. The number of likely N-dealkylation sites (tertiary alicyclic amines) is 1. The Labute approximate surface area is 205 Å². The molecule has 188 valence electrons. The largest absolute Gasteiger partial charge is 0.449 e. The molecule has 0 unspecified atom stereocenters. The van der Waals surface area contributed by atoms with E-state index < -0.39 is 35.8 Å². The molecule has 0 radical (unpaired) electrons. The number of hydrogen-bond acceptors (Lipinski definition) is 5. The lowest BCUT2D eigenvalue weighted by Gasteiger charge is -2.18. The summed E-state index contributed by atoms with van der Waals surface area (Å²) in [5.41, 5.74) is 3.10. The molecule has 3 N–H and O–H groups in total. The fraction of sp³-hybridized carbons (Fsp3) is 0.320. The van der Waals surface area contributed by atoms with Crippen LogP contribution in [0.5, 0.6) is 0 Å². The van der Waals surface area contributed by atoms with Crippen molar-refractivity contribution < 1.29 is 28.0 Å². The third-order valence-electron chi connectivity index (χ3n) is 6.10. The van der Waals surface area contributed by atoms with E-state index in [9.17, 15) is 22.8 Å². The highest BCUT2D eigenvalue weighted by Crippen LogP contribution is 2.32. The van der Waals surface area contributed by atoms with E-state index in [1.54, 1.807) is 42.7 Å². The number of imidazole rings is 1. The van der Waals surface area contributed by atoms with Crippen LogP contribution in [-0.2, 0) is 17.5 Å². The molecule has 4 rings (SSSR count). The standard InChI is InChI=1S/C25H24F3N5O3/c1-2-3-12-32-14-18(23(35)31-36)20(15-32)29-22(34)17-10-8-16(9-11-17)13-33-21-7-5-4-6-19(21)30-24(33)25(26,27)28/h4-11,18,20,36H,12-15H2,1H3,(H,29,34)(H,31,35)/t18-,20+/m0/s1. The summed E-state index contributed by atoms with van der Waals surface area (Å²) in [6, 6.07) is 12.0. The van der Waals surface area contributed by atoms with Crippen LogP contribution in [0.1, 0.15) is 28.7 Å². The number of nitrogens with one attached hydrogen (secondary N) is 2. The number of hydrogen-bond donors (Lipinski definition) is 3. The summed E-state index contributed by atoms with van der Waals surface area (Å²) in [5, 5.41) is 11.9. The van der Waals surface area contributed by atoms with Gasteiger partial charge in [0.15, 0.2) is 0 Å². The highest BCUT2D eigenvalue weighted by atomic mass is 19.4. The molecule has 36 heavy (non-hydrogen) atoms. The number of rotatable bonds is 6. The number of carbonyl (C=O) groups excluding carboxylic acids is 2. The number of para-hydroxylation sites is 2. The second-order valence-corrected chi connectivity index (χ2v) is 8.49. The lowest BCUT2D eigenvalue weighted by atomic mass is 10.0. The zero-order valence-corrected chi connectivity index (χ0v) is 19.3. The van der Waals surface area contributed by atoms with Crippen LogP contribution in [0, 0.1) is 17.8 Å². The molecule has 2 amide bonds. The van der Waals surface area contributed by atoms with E-state index in [-0.39, 0.29) is 12.1 Å². The van der Waals surface area contributed by atoms with Crippen LogP contribution in [0.25, 0.3) is 11.0 Å². The predicted molar refractivity (Wildman–Crippen MR) is 125 cm³/mol. The average molecular weight is 499 g/mol. The van der Waals surface area contributed by atoms with Crippen LogP contribution in [0.2, 0.25) is 0 Å².